The summed E-state index contributed by atoms with van der Waals surface area (Å²) in [5.41, 5.74) is 6.56. The quantitative estimate of drug-likeness (QED) is 0.364. The molecule has 4 rings (SSSR count). The Labute approximate surface area is 196 Å². The first kappa shape index (κ1) is 23.4. The van der Waals surface area contributed by atoms with E-state index in [0.29, 0.717) is 5.56 Å². The Balaban J connectivity index is 1.72. The Hall–Kier alpha value is -3.72. The van der Waals surface area contributed by atoms with Crippen molar-refractivity contribution in [2.75, 3.05) is 0 Å². The molecule has 1 amide bonds. The topological polar surface area (TPSA) is 89.6 Å². The number of carboxylic acids is 1. The molecule has 3 aromatic carbocycles. The molecule has 0 aromatic heterocycles. The lowest BCUT2D eigenvalue weighted by atomic mass is 10.1. The van der Waals surface area contributed by atoms with Gasteiger partial charge in [0.05, 0.1) is 16.7 Å². The third-order valence-corrected chi connectivity index (χ3v) is 8.13. The van der Waals surface area contributed by atoms with Gasteiger partial charge in [0.2, 0.25) is 5.91 Å². The minimum absolute atomic E-state index is 0.0134. The van der Waals surface area contributed by atoms with E-state index in [0.717, 1.165) is 22.6 Å². The maximum Gasteiger partial charge on any atom is 0.416 e. The van der Waals surface area contributed by atoms with Gasteiger partial charge in [-0.2, -0.15) is 24.1 Å². The molecule has 5 nitrogen and oxygen atoms in total. The first-order chi connectivity index (χ1) is 16.1. The Morgan fingerprint density at radius 3 is 2.32 bits per heavy atom. The average Bonchev–Trinajstić information content (AvgIpc) is 3.19. The Kier molecular flexibility index (Phi) is 6.14. The van der Waals surface area contributed by atoms with Crippen molar-refractivity contribution in [1.82, 2.24) is 0 Å². The van der Waals surface area contributed by atoms with Crippen LogP contribution in [0.4, 0.5) is 13.2 Å². The van der Waals surface area contributed by atoms with Gasteiger partial charge in [0, 0.05) is 15.7 Å². The summed E-state index contributed by atoms with van der Waals surface area (Å²) in [7, 11) is -1.08. The smallest absolute Gasteiger partial charge is 0.416 e. The van der Waals surface area contributed by atoms with E-state index in [1.54, 1.807) is 29.7 Å². The SMILES string of the molecule is CC(c1ccc(C(=O)O)cc1)[SH]1C=C(C(N)=O)c2c(Oc3cccc(C(F)(F)F)c3)cccc21. The van der Waals surface area contributed by atoms with Crippen molar-refractivity contribution < 1.29 is 32.6 Å². The molecule has 0 radical (unpaired) electrons. The highest BCUT2D eigenvalue weighted by Gasteiger charge is 2.32. The van der Waals surface area contributed by atoms with Gasteiger partial charge in [-0.15, -0.1) is 0 Å². The lowest BCUT2D eigenvalue weighted by Gasteiger charge is -2.24. The number of amides is 1. The van der Waals surface area contributed by atoms with E-state index >= 15 is 0 Å². The van der Waals surface area contributed by atoms with Crippen molar-refractivity contribution in [3.05, 3.63) is 94.4 Å². The number of rotatable bonds is 6. The zero-order valence-electron chi connectivity index (χ0n) is 17.8. The number of hydrogen-bond donors (Lipinski definition) is 3. The number of carbonyl (C=O) groups excluding carboxylic acids is 1. The van der Waals surface area contributed by atoms with Gasteiger partial charge >= 0.3 is 12.1 Å². The van der Waals surface area contributed by atoms with E-state index in [4.69, 9.17) is 15.6 Å². The van der Waals surface area contributed by atoms with E-state index in [1.165, 1.54) is 24.3 Å². The van der Waals surface area contributed by atoms with Crippen molar-refractivity contribution in [3.63, 3.8) is 0 Å². The molecule has 34 heavy (non-hydrogen) atoms. The number of fused-ring (bicyclic) bond motifs is 1. The second-order valence-corrected chi connectivity index (χ2v) is 10.0. The molecule has 0 saturated carbocycles. The average molecular weight is 487 g/mol. The minimum atomic E-state index is -4.52. The standard InChI is InChI=1S/C25H20F3NO4S/c1-14(15-8-10-16(11-9-15)24(31)32)34-13-19(23(29)30)22-20(6-3-7-21(22)34)33-18-5-2-4-17(12-18)25(26,27)28/h2-14,34H,1H3,(H2,29,30)(H,31,32). The molecular formula is C25H20F3NO4S. The Bertz CT molecular complexity index is 1300. The molecule has 0 bridgehead atoms. The predicted molar refractivity (Wildman–Crippen MR) is 124 cm³/mol. The van der Waals surface area contributed by atoms with Crippen LogP contribution in [0.1, 0.15) is 39.2 Å². The van der Waals surface area contributed by atoms with Crippen LogP contribution in [0, 0.1) is 0 Å². The molecule has 0 fully saturated rings. The van der Waals surface area contributed by atoms with Gasteiger partial charge in [0.15, 0.2) is 0 Å². The molecule has 1 aliphatic rings. The van der Waals surface area contributed by atoms with Crippen LogP contribution in [0.3, 0.4) is 0 Å². The highest BCUT2D eigenvalue weighted by molar-refractivity contribution is 8.20. The largest absolute Gasteiger partial charge is 0.478 e. The van der Waals surface area contributed by atoms with Gasteiger partial charge in [-0.3, -0.25) is 4.79 Å². The van der Waals surface area contributed by atoms with Gasteiger partial charge in [-0.1, -0.05) is 31.2 Å². The van der Waals surface area contributed by atoms with Crippen LogP contribution < -0.4 is 10.5 Å². The maximum atomic E-state index is 13.1. The first-order valence-corrected chi connectivity index (χ1v) is 11.7. The number of alkyl halides is 3. The van der Waals surface area contributed by atoms with Crippen LogP contribution in [0.15, 0.2) is 77.0 Å². The van der Waals surface area contributed by atoms with Crippen molar-refractivity contribution in [2.45, 2.75) is 23.2 Å². The summed E-state index contributed by atoms with van der Waals surface area (Å²) >= 11 is 0. The number of halogens is 3. The van der Waals surface area contributed by atoms with Gasteiger partial charge < -0.3 is 15.6 Å². The number of carbonyl (C=O) groups is 2. The summed E-state index contributed by atoms with van der Waals surface area (Å²) in [5.74, 6) is -1.47. The molecule has 3 N–H and O–H groups in total. The van der Waals surface area contributed by atoms with E-state index in [-0.39, 0.29) is 27.9 Å². The molecule has 2 atom stereocenters. The molecule has 0 saturated heterocycles. The molecule has 3 aromatic rings. The number of nitrogens with two attached hydrogens (primary N) is 1. The number of benzene rings is 3. The zero-order chi connectivity index (χ0) is 24.6. The number of primary amides is 1. The van der Waals surface area contributed by atoms with Crippen LogP contribution >= 0.6 is 10.9 Å². The molecule has 2 unspecified atom stereocenters. The number of hydrogen-bond acceptors (Lipinski definition) is 3. The summed E-state index contributed by atoms with van der Waals surface area (Å²) < 4.78 is 45.1. The fraction of sp³-hybridized carbons (Fsp3) is 0.120. The summed E-state index contributed by atoms with van der Waals surface area (Å²) in [6.07, 6.45) is -4.52. The van der Waals surface area contributed by atoms with Crippen molar-refractivity contribution in [2.24, 2.45) is 5.73 Å². The summed E-state index contributed by atoms with van der Waals surface area (Å²) in [4.78, 5) is 24.2. The number of ether oxygens (including phenoxy) is 1. The van der Waals surface area contributed by atoms with E-state index < -0.39 is 34.5 Å². The third kappa shape index (κ3) is 4.51. The second kappa shape index (κ2) is 8.90. The molecule has 176 valence electrons. The highest BCUT2D eigenvalue weighted by Crippen LogP contribution is 2.60. The first-order valence-electron chi connectivity index (χ1n) is 10.2. The predicted octanol–water partition coefficient (Wildman–Crippen LogP) is 6.16. The normalized spacial score (nSPS) is 16.9. The van der Waals surface area contributed by atoms with E-state index in [1.807, 2.05) is 13.0 Å². The molecule has 0 spiro atoms. The number of carboxylic acid groups (broad SMARTS) is 1. The van der Waals surface area contributed by atoms with Crippen LogP contribution in [0.5, 0.6) is 11.5 Å². The minimum Gasteiger partial charge on any atom is -0.478 e. The highest BCUT2D eigenvalue weighted by atomic mass is 32.2. The fourth-order valence-electron chi connectivity index (χ4n) is 3.80. The lowest BCUT2D eigenvalue weighted by Crippen LogP contribution is -2.12. The van der Waals surface area contributed by atoms with Crippen LogP contribution in [0.25, 0.3) is 5.57 Å². The molecular weight excluding hydrogens is 467 g/mol. The van der Waals surface area contributed by atoms with Gasteiger partial charge in [-0.05, 0) is 53.4 Å². The Morgan fingerprint density at radius 2 is 1.71 bits per heavy atom. The molecule has 9 heteroatoms. The summed E-state index contributed by atoms with van der Waals surface area (Å²) in [6, 6.07) is 16.2. The van der Waals surface area contributed by atoms with Gasteiger partial charge in [-0.25, -0.2) is 4.79 Å². The monoisotopic (exact) mass is 487 g/mol. The molecule has 1 aliphatic heterocycles. The maximum absolute atomic E-state index is 13.1. The van der Waals surface area contributed by atoms with Crippen LogP contribution in [-0.2, 0) is 11.0 Å². The van der Waals surface area contributed by atoms with Crippen LogP contribution in [-0.4, -0.2) is 17.0 Å². The van der Waals surface area contributed by atoms with Crippen molar-refractivity contribution in [1.29, 1.82) is 0 Å². The van der Waals surface area contributed by atoms with Crippen LogP contribution in [0.2, 0.25) is 0 Å². The van der Waals surface area contributed by atoms with E-state index in [9.17, 15) is 22.8 Å². The molecule has 0 aliphatic carbocycles. The Morgan fingerprint density at radius 1 is 1.03 bits per heavy atom. The summed E-state index contributed by atoms with van der Waals surface area (Å²) in [5, 5.41) is 10.8. The molecule has 1 heterocycles. The van der Waals surface area contributed by atoms with Gasteiger partial charge in [0.1, 0.15) is 11.5 Å². The fourth-order valence-corrected chi connectivity index (χ4v) is 6.35. The van der Waals surface area contributed by atoms with Crippen molar-refractivity contribution >= 4 is 28.3 Å². The number of thiol groups is 1. The zero-order valence-corrected chi connectivity index (χ0v) is 18.7. The lowest BCUT2D eigenvalue weighted by molar-refractivity contribution is -0.137. The van der Waals surface area contributed by atoms with Crippen molar-refractivity contribution in [3.8, 4) is 11.5 Å². The van der Waals surface area contributed by atoms with Gasteiger partial charge in [0.25, 0.3) is 0 Å². The third-order valence-electron chi connectivity index (χ3n) is 5.53. The number of aromatic carboxylic acids is 1. The summed E-state index contributed by atoms with van der Waals surface area (Å²) in [6.45, 7) is 1.96. The second-order valence-electron chi connectivity index (χ2n) is 7.70. The van der Waals surface area contributed by atoms with E-state index in [2.05, 4.69) is 0 Å².